The molecule has 4 rings (SSSR count). The van der Waals surface area contributed by atoms with Crippen molar-refractivity contribution < 1.29 is 4.79 Å². The Morgan fingerprint density at radius 3 is 2.64 bits per heavy atom. The molecule has 0 saturated heterocycles. The number of carbonyl (C=O) groups is 1. The van der Waals surface area contributed by atoms with Crippen molar-refractivity contribution in [1.29, 1.82) is 0 Å². The molecule has 2 aromatic carbocycles. The molecule has 0 fully saturated rings. The van der Waals surface area contributed by atoms with Crippen molar-refractivity contribution in [1.82, 2.24) is 9.13 Å². The lowest BCUT2D eigenvalue weighted by atomic mass is 9.99. The highest BCUT2D eigenvalue weighted by molar-refractivity contribution is 6.04. The van der Waals surface area contributed by atoms with Gasteiger partial charge in [0.2, 0.25) is 5.91 Å². The molecule has 0 aliphatic heterocycles. The lowest BCUT2D eigenvalue weighted by Gasteiger charge is -2.13. The van der Waals surface area contributed by atoms with E-state index in [4.69, 9.17) is 0 Å². The summed E-state index contributed by atoms with van der Waals surface area (Å²) in [6.07, 6.45) is 4.06. The fraction of sp³-hybridized carbons (Fsp3) is 0.190. The van der Waals surface area contributed by atoms with Gasteiger partial charge in [-0.3, -0.25) is 4.79 Å². The van der Waals surface area contributed by atoms with Gasteiger partial charge in [0.25, 0.3) is 0 Å². The molecule has 1 atom stereocenters. The zero-order chi connectivity index (χ0) is 17.6. The summed E-state index contributed by atoms with van der Waals surface area (Å²) in [7, 11) is 4.01. The molecule has 0 spiro atoms. The number of nitrogens with zero attached hydrogens (tertiary/aromatic N) is 2. The van der Waals surface area contributed by atoms with Gasteiger partial charge in [-0.05, 0) is 30.7 Å². The zero-order valence-corrected chi connectivity index (χ0v) is 14.7. The molecule has 126 valence electrons. The predicted octanol–water partition coefficient (Wildman–Crippen LogP) is 4.41. The molecule has 0 saturated carbocycles. The van der Waals surface area contributed by atoms with Crippen LogP contribution in [0.2, 0.25) is 0 Å². The number of aryl methyl sites for hydroxylation is 2. The van der Waals surface area contributed by atoms with Crippen LogP contribution in [0, 0.1) is 0 Å². The maximum absolute atomic E-state index is 12.9. The molecule has 0 aliphatic carbocycles. The lowest BCUT2D eigenvalue weighted by Crippen LogP contribution is -2.19. The fourth-order valence-corrected chi connectivity index (χ4v) is 3.56. The molecule has 2 aromatic heterocycles. The van der Waals surface area contributed by atoms with E-state index in [2.05, 4.69) is 40.3 Å². The van der Waals surface area contributed by atoms with E-state index >= 15 is 0 Å². The van der Waals surface area contributed by atoms with Crippen molar-refractivity contribution in [3.8, 4) is 0 Å². The number of benzene rings is 2. The normalized spacial score (nSPS) is 12.6. The molecule has 1 N–H and O–H groups in total. The lowest BCUT2D eigenvalue weighted by molar-refractivity contribution is -0.117. The van der Waals surface area contributed by atoms with Gasteiger partial charge >= 0.3 is 0 Å². The first-order chi connectivity index (χ1) is 12.1. The second kappa shape index (κ2) is 5.81. The summed E-state index contributed by atoms with van der Waals surface area (Å²) in [4.78, 5) is 12.9. The maximum Gasteiger partial charge on any atom is 0.231 e. The number of hydrogen-bond donors (Lipinski definition) is 1. The zero-order valence-electron chi connectivity index (χ0n) is 14.7. The Morgan fingerprint density at radius 2 is 1.80 bits per heavy atom. The van der Waals surface area contributed by atoms with E-state index in [0.717, 1.165) is 33.1 Å². The largest absolute Gasteiger partial charge is 0.350 e. The second-order valence-electron chi connectivity index (χ2n) is 6.59. The van der Waals surface area contributed by atoms with E-state index in [1.807, 2.05) is 56.0 Å². The fourth-order valence-electron chi connectivity index (χ4n) is 3.56. The van der Waals surface area contributed by atoms with Crippen LogP contribution in [0.4, 0.5) is 5.69 Å². The number of hydrogen-bond acceptors (Lipinski definition) is 1. The average Bonchev–Trinajstić information content (AvgIpc) is 3.16. The van der Waals surface area contributed by atoms with Crippen molar-refractivity contribution in [2.75, 3.05) is 5.32 Å². The standard InChI is InChI=1S/C21H21N3O/c1-14(17-13-24(3)19-10-5-4-8-16(17)19)21(25)22-18-9-6-7-15-11-12-23(2)20(15)18/h4-14H,1-3H3,(H,22,25). The Bertz CT molecular complexity index is 1090. The van der Waals surface area contributed by atoms with Crippen molar-refractivity contribution in [2.45, 2.75) is 12.8 Å². The monoisotopic (exact) mass is 331 g/mol. The van der Waals surface area contributed by atoms with Crippen LogP contribution in [0.15, 0.2) is 60.9 Å². The van der Waals surface area contributed by atoms with E-state index in [0.29, 0.717) is 0 Å². The summed E-state index contributed by atoms with van der Waals surface area (Å²) in [6.45, 7) is 1.96. The molecule has 2 heterocycles. The van der Waals surface area contributed by atoms with Crippen molar-refractivity contribution >= 4 is 33.4 Å². The second-order valence-corrected chi connectivity index (χ2v) is 6.59. The number of rotatable bonds is 3. The van der Waals surface area contributed by atoms with Gasteiger partial charge in [-0.15, -0.1) is 0 Å². The van der Waals surface area contributed by atoms with E-state index in [9.17, 15) is 4.79 Å². The van der Waals surface area contributed by atoms with Crippen molar-refractivity contribution in [3.63, 3.8) is 0 Å². The molecule has 0 radical (unpaired) electrons. The predicted molar refractivity (Wildman–Crippen MR) is 103 cm³/mol. The van der Waals surface area contributed by atoms with Crippen LogP contribution < -0.4 is 5.32 Å². The highest BCUT2D eigenvalue weighted by Gasteiger charge is 2.20. The number of anilines is 1. The topological polar surface area (TPSA) is 39.0 Å². The SMILES string of the molecule is CC(C(=O)Nc1cccc2ccn(C)c12)c1cn(C)c2ccccc12. The third kappa shape index (κ3) is 2.50. The van der Waals surface area contributed by atoms with Crippen LogP contribution in [-0.4, -0.2) is 15.0 Å². The van der Waals surface area contributed by atoms with Crippen molar-refractivity contribution in [2.24, 2.45) is 14.1 Å². The molecular weight excluding hydrogens is 310 g/mol. The third-order valence-corrected chi connectivity index (χ3v) is 4.94. The van der Waals surface area contributed by atoms with E-state index in [-0.39, 0.29) is 11.8 Å². The van der Waals surface area contributed by atoms with Crippen LogP contribution in [0.3, 0.4) is 0 Å². The Hall–Kier alpha value is -3.01. The van der Waals surface area contributed by atoms with Gasteiger partial charge < -0.3 is 14.5 Å². The number of fused-ring (bicyclic) bond motifs is 2. The molecule has 1 unspecified atom stereocenters. The Kier molecular flexibility index (Phi) is 3.61. The van der Waals surface area contributed by atoms with Crippen LogP contribution in [0.25, 0.3) is 21.8 Å². The minimum atomic E-state index is -0.235. The van der Waals surface area contributed by atoms with Gasteiger partial charge in [0, 0.05) is 42.8 Å². The van der Waals surface area contributed by atoms with Crippen LogP contribution in [0.1, 0.15) is 18.4 Å². The summed E-state index contributed by atoms with van der Waals surface area (Å²) in [6, 6.07) is 16.2. The minimum absolute atomic E-state index is 0.00468. The summed E-state index contributed by atoms with van der Waals surface area (Å²) in [5.74, 6) is -0.230. The van der Waals surface area contributed by atoms with Gasteiger partial charge in [-0.1, -0.05) is 30.3 Å². The number of aromatic nitrogens is 2. The summed E-state index contributed by atoms with van der Waals surface area (Å²) in [5, 5.41) is 5.37. The average molecular weight is 331 g/mol. The first kappa shape index (κ1) is 15.5. The van der Waals surface area contributed by atoms with Crippen LogP contribution in [0.5, 0.6) is 0 Å². The summed E-state index contributed by atoms with van der Waals surface area (Å²) >= 11 is 0. The highest BCUT2D eigenvalue weighted by Crippen LogP contribution is 2.29. The summed E-state index contributed by atoms with van der Waals surface area (Å²) in [5.41, 5.74) is 4.08. The van der Waals surface area contributed by atoms with E-state index in [1.54, 1.807) is 0 Å². The molecule has 0 aliphatic rings. The van der Waals surface area contributed by atoms with E-state index < -0.39 is 0 Å². The molecule has 25 heavy (non-hydrogen) atoms. The number of amides is 1. The molecule has 4 aromatic rings. The third-order valence-electron chi connectivity index (χ3n) is 4.94. The Labute approximate surface area is 146 Å². The quantitative estimate of drug-likeness (QED) is 0.593. The molecule has 4 nitrogen and oxygen atoms in total. The van der Waals surface area contributed by atoms with Crippen LogP contribution in [-0.2, 0) is 18.9 Å². The molecule has 0 bridgehead atoms. The maximum atomic E-state index is 12.9. The van der Waals surface area contributed by atoms with Gasteiger partial charge in [0.15, 0.2) is 0 Å². The smallest absolute Gasteiger partial charge is 0.231 e. The van der Waals surface area contributed by atoms with Gasteiger partial charge in [-0.2, -0.15) is 0 Å². The molecule has 4 heteroatoms. The number of nitrogens with one attached hydrogen (secondary N) is 1. The van der Waals surface area contributed by atoms with Crippen LogP contribution >= 0.6 is 0 Å². The van der Waals surface area contributed by atoms with Gasteiger partial charge in [-0.25, -0.2) is 0 Å². The first-order valence-corrected chi connectivity index (χ1v) is 8.45. The Balaban J connectivity index is 1.69. The number of carbonyl (C=O) groups excluding carboxylic acids is 1. The first-order valence-electron chi connectivity index (χ1n) is 8.45. The molecular formula is C21H21N3O. The minimum Gasteiger partial charge on any atom is -0.350 e. The highest BCUT2D eigenvalue weighted by atomic mass is 16.1. The van der Waals surface area contributed by atoms with Crippen molar-refractivity contribution in [3.05, 3.63) is 66.5 Å². The summed E-state index contributed by atoms with van der Waals surface area (Å²) < 4.78 is 4.11. The Morgan fingerprint density at radius 1 is 1.00 bits per heavy atom. The van der Waals surface area contributed by atoms with E-state index in [1.165, 1.54) is 0 Å². The molecule has 1 amide bonds. The number of para-hydroxylation sites is 2. The van der Waals surface area contributed by atoms with Gasteiger partial charge in [0.1, 0.15) is 0 Å². The van der Waals surface area contributed by atoms with Gasteiger partial charge in [0.05, 0.1) is 17.1 Å².